The van der Waals surface area contributed by atoms with Gasteiger partial charge in [-0.15, -0.1) is 0 Å². The summed E-state index contributed by atoms with van der Waals surface area (Å²) in [5.74, 6) is 1.02. The summed E-state index contributed by atoms with van der Waals surface area (Å²) in [7, 11) is 0. The van der Waals surface area contributed by atoms with E-state index in [4.69, 9.17) is 9.47 Å². The van der Waals surface area contributed by atoms with Crippen molar-refractivity contribution in [2.75, 3.05) is 11.4 Å². The number of rotatable bonds is 1. The van der Waals surface area contributed by atoms with E-state index in [2.05, 4.69) is 0 Å². The molecule has 0 aromatic heterocycles. The molecule has 0 N–H and O–H groups in total. The largest absolute Gasteiger partial charge is 0.449 e. The van der Waals surface area contributed by atoms with Crippen LogP contribution in [0.3, 0.4) is 0 Å². The Hall–Kier alpha value is -1.71. The number of anilines is 1. The average molecular weight is 233 g/mol. The first-order valence-electron chi connectivity index (χ1n) is 5.88. The van der Waals surface area contributed by atoms with E-state index in [0.29, 0.717) is 12.2 Å². The van der Waals surface area contributed by atoms with Crippen LogP contribution in [0.2, 0.25) is 0 Å². The predicted molar refractivity (Wildman–Crippen MR) is 63.4 cm³/mol. The molecule has 0 saturated carbocycles. The minimum Gasteiger partial charge on any atom is -0.449 e. The maximum absolute atomic E-state index is 11.7. The maximum atomic E-state index is 11.7. The highest BCUT2D eigenvalue weighted by molar-refractivity contribution is 5.95. The van der Waals surface area contributed by atoms with Crippen molar-refractivity contribution in [1.29, 1.82) is 0 Å². The Balaban J connectivity index is 1.93. The van der Waals surface area contributed by atoms with Gasteiger partial charge in [0, 0.05) is 38.6 Å². The van der Waals surface area contributed by atoms with Gasteiger partial charge in [-0.05, 0) is 18.6 Å². The molecule has 17 heavy (non-hydrogen) atoms. The third-order valence-electron chi connectivity index (χ3n) is 3.02. The number of carbonyl (C=O) groups is 1. The monoisotopic (exact) mass is 233 g/mol. The fourth-order valence-corrected chi connectivity index (χ4v) is 2.30. The summed E-state index contributed by atoms with van der Waals surface area (Å²) in [5.41, 5.74) is 0.896. The van der Waals surface area contributed by atoms with Crippen LogP contribution in [-0.2, 0) is 4.79 Å². The van der Waals surface area contributed by atoms with Crippen molar-refractivity contribution in [3.63, 3.8) is 0 Å². The zero-order valence-corrected chi connectivity index (χ0v) is 10.0. The van der Waals surface area contributed by atoms with Gasteiger partial charge in [0.15, 0.2) is 11.5 Å². The highest BCUT2D eigenvalue weighted by Gasteiger charge is 2.32. The van der Waals surface area contributed by atoms with E-state index in [1.54, 1.807) is 4.90 Å². The number of benzene rings is 1. The quantitative estimate of drug-likeness (QED) is 0.747. The summed E-state index contributed by atoms with van der Waals surface area (Å²) in [6, 6.07) is 5.66. The average Bonchev–Trinajstić information content (AvgIpc) is 2.78. The number of carbonyl (C=O) groups excluding carboxylic acids is 1. The summed E-state index contributed by atoms with van der Waals surface area (Å²) in [5, 5.41) is 0. The van der Waals surface area contributed by atoms with E-state index in [1.165, 1.54) is 0 Å². The Morgan fingerprint density at radius 1 is 1.24 bits per heavy atom. The summed E-state index contributed by atoms with van der Waals surface area (Å²) in [4.78, 5) is 13.5. The number of amides is 1. The second kappa shape index (κ2) is 3.39. The standard InChI is InChI=1S/C13H15NO3/c1-13(2)16-10-6-5-9(8-11(10)17-13)14-7-3-4-12(14)15/h5-6,8H,3-4,7H2,1-2H3. The van der Waals surface area contributed by atoms with Crippen molar-refractivity contribution in [2.24, 2.45) is 0 Å². The highest BCUT2D eigenvalue weighted by atomic mass is 16.7. The van der Waals surface area contributed by atoms with E-state index < -0.39 is 5.79 Å². The second-order valence-electron chi connectivity index (χ2n) is 4.88. The van der Waals surface area contributed by atoms with Gasteiger partial charge in [0.25, 0.3) is 0 Å². The third-order valence-corrected chi connectivity index (χ3v) is 3.02. The molecule has 1 saturated heterocycles. The molecule has 0 atom stereocenters. The molecule has 1 aromatic rings. The van der Waals surface area contributed by atoms with E-state index in [0.717, 1.165) is 24.4 Å². The Bertz CT molecular complexity index is 482. The molecule has 0 unspecified atom stereocenters. The maximum Gasteiger partial charge on any atom is 0.246 e. The Morgan fingerprint density at radius 2 is 2.00 bits per heavy atom. The SMILES string of the molecule is CC1(C)Oc2ccc(N3CCCC3=O)cc2O1. The molecule has 1 amide bonds. The number of nitrogens with zero attached hydrogens (tertiary/aromatic N) is 1. The van der Waals surface area contributed by atoms with Crippen molar-refractivity contribution in [3.8, 4) is 11.5 Å². The normalized spacial score (nSPS) is 21.1. The van der Waals surface area contributed by atoms with Crippen LogP contribution in [0.25, 0.3) is 0 Å². The van der Waals surface area contributed by atoms with E-state index in [9.17, 15) is 4.79 Å². The first-order valence-corrected chi connectivity index (χ1v) is 5.88. The Morgan fingerprint density at radius 3 is 2.71 bits per heavy atom. The minimum absolute atomic E-state index is 0.183. The van der Waals surface area contributed by atoms with Gasteiger partial charge in [-0.25, -0.2) is 0 Å². The lowest BCUT2D eigenvalue weighted by atomic mass is 10.2. The molecular formula is C13H15NO3. The topological polar surface area (TPSA) is 38.8 Å². The summed E-state index contributed by atoms with van der Waals surface area (Å²) >= 11 is 0. The van der Waals surface area contributed by atoms with Crippen LogP contribution in [0.4, 0.5) is 5.69 Å². The fraction of sp³-hybridized carbons (Fsp3) is 0.462. The molecular weight excluding hydrogens is 218 g/mol. The molecule has 4 nitrogen and oxygen atoms in total. The van der Waals surface area contributed by atoms with Crippen molar-refractivity contribution >= 4 is 11.6 Å². The number of ether oxygens (including phenoxy) is 2. The molecule has 0 radical (unpaired) electrons. The smallest absolute Gasteiger partial charge is 0.246 e. The number of fused-ring (bicyclic) bond motifs is 1. The lowest BCUT2D eigenvalue weighted by Gasteiger charge is -2.16. The van der Waals surface area contributed by atoms with E-state index >= 15 is 0 Å². The molecule has 2 aliphatic rings. The molecule has 2 aliphatic heterocycles. The number of hydrogen-bond acceptors (Lipinski definition) is 3. The Kier molecular flexibility index (Phi) is 2.08. The first-order chi connectivity index (χ1) is 8.05. The molecule has 90 valence electrons. The Labute approximate surface area is 100 Å². The van der Waals surface area contributed by atoms with Gasteiger partial charge in [-0.1, -0.05) is 0 Å². The highest BCUT2D eigenvalue weighted by Crippen LogP contribution is 2.41. The number of hydrogen-bond donors (Lipinski definition) is 0. The zero-order chi connectivity index (χ0) is 12.0. The molecule has 0 bridgehead atoms. The van der Waals surface area contributed by atoms with E-state index in [-0.39, 0.29) is 5.91 Å². The molecule has 2 heterocycles. The molecule has 1 aromatic carbocycles. The molecule has 3 rings (SSSR count). The van der Waals surface area contributed by atoms with Gasteiger partial charge >= 0.3 is 0 Å². The lowest BCUT2D eigenvalue weighted by molar-refractivity contribution is -0.117. The van der Waals surface area contributed by atoms with Gasteiger partial charge in [0.1, 0.15) is 0 Å². The first kappa shape index (κ1) is 10.4. The predicted octanol–water partition coefficient (Wildman–Crippen LogP) is 2.32. The van der Waals surface area contributed by atoms with Gasteiger partial charge in [-0.3, -0.25) is 4.79 Å². The van der Waals surface area contributed by atoms with Crippen LogP contribution in [-0.4, -0.2) is 18.2 Å². The fourth-order valence-electron chi connectivity index (χ4n) is 2.30. The van der Waals surface area contributed by atoms with Gasteiger partial charge in [0.2, 0.25) is 11.7 Å². The van der Waals surface area contributed by atoms with Crippen LogP contribution in [0.15, 0.2) is 18.2 Å². The summed E-state index contributed by atoms with van der Waals surface area (Å²) in [6.07, 6.45) is 1.57. The van der Waals surface area contributed by atoms with Crippen LogP contribution in [0.5, 0.6) is 11.5 Å². The van der Waals surface area contributed by atoms with Crippen LogP contribution in [0, 0.1) is 0 Å². The van der Waals surface area contributed by atoms with Gasteiger partial charge in [-0.2, -0.15) is 0 Å². The molecule has 0 spiro atoms. The van der Waals surface area contributed by atoms with Crippen LogP contribution >= 0.6 is 0 Å². The van der Waals surface area contributed by atoms with E-state index in [1.807, 2.05) is 32.0 Å². The van der Waals surface area contributed by atoms with Crippen LogP contribution in [0.1, 0.15) is 26.7 Å². The zero-order valence-electron chi connectivity index (χ0n) is 10.0. The van der Waals surface area contributed by atoms with Gasteiger partial charge in [0.05, 0.1) is 0 Å². The van der Waals surface area contributed by atoms with Crippen molar-refractivity contribution < 1.29 is 14.3 Å². The van der Waals surface area contributed by atoms with Crippen LogP contribution < -0.4 is 14.4 Å². The summed E-state index contributed by atoms with van der Waals surface area (Å²) < 4.78 is 11.3. The lowest BCUT2D eigenvalue weighted by Crippen LogP contribution is -2.29. The molecule has 4 heteroatoms. The third kappa shape index (κ3) is 1.73. The van der Waals surface area contributed by atoms with Gasteiger partial charge < -0.3 is 14.4 Å². The second-order valence-corrected chi connectivity index (χ2v) is 4.88. The minimum atomic E-state index is -0.615. The molecule has 1 fully saturated rings. The van der Waals surface area contributed by atoms with Crippen molar-refractivity contribution in [1.82, 2.24) is 0 Å². The van der Waals surface area contributed by atoms with Crippen molar-refractivity contribution in [2.45, 2.75) is 32.5 Å². The summed E-state index contributed by atoms with van der Waals surface area (Å²) in [6.45, 7) is 4.53. The molecule has 0 aliphatic carbocycles. The van der Waals surface area contributed by atoms with Crippen molar-refractivity contribution in [3.05, 3.63) is 18.2 Å².